The van der Waals surface area contributed by atoms with E-state index in [1.165, 1.54) is 6.07 Å². The minimum absolute atomic E-state index is 0.346. The van der Waals surface area contributed by atoms with Crippen molar-refractivity contribution < 1.29 is 32.4 Å². The van der Waals surface area contributed by atoms with Gasteiger partial charge in [-0.3, -0.25) is 10.1 Å². The molecule has 0 saturated carbocycles. The predicted octanol–water partition coefficient (Wildman–Crippen LogP) is 2.15. The van der Waals surface area contributed by atoms with E-state index < -0.39 is 39.8 Å². The van der Waals surface area contributed by atoms with Gasteiger partial charge in [-0.15, -0.1) is 13.2 Å². The summed E-state index contributed by atoms with van der Waals surface area (Å²) in [4.78, 5) is 21.0. The SMILES string of the molecule is COC(=O)c1cc(C#N)c(OC(F)(F)F)cc1[N+](=O)[O-]. The molecule has 0 bridgehead atoms. The molecule has 0 saturated heterocycles. The number of methoxy groups -OCH3 is 1. The van der Waals surface area contributed by atoms with Crippen LogP contribution in [-0.4, -0.2) is 24.4 Å². The van der Waals surface area contributed by atoms with Gasteiger partial charge in [0.25, 0.3) is 5.69 Å². The molecule has 106 valence electrons. The van der Waals surface area contributed by atoms with Gasteiger partial charge in [0, 0.05) is 0 Å². The Kier molecular flexibility index (Phi) is 4.14. The first-order valence-corrected chi connectivity index (χ1v) is 4.76. The minimum atomic E-state index is -5.13. The number of hydrogen-bond acceptors (Lipinski definition) is 6. The van der Waals surface area contributed by atoms with Crippen LogP contribution in [0.3, 0.4) is 0 Å². The van der Waals surface area contributed by atoms with Gasteiger partial charge in [0.2, 0.25) is 0 Å². The van der Waals surface area contributed by atoms with Crippen molar-refractivity contribution in [3.8, 4) is 11.8 Å². The highest BCUT2D eigenvalue weighted by atomic mass is 19.4. The molecule has 0 aliphatic carbocycles. The minimum Gasteiger partial charge on any atom is -0.465 e. The largest absolute Gasteiger partial charge is 0.573 e. The standard InChI is InChI=1S/C10H5F3N2O5/c1-19-9(16)6-2-5(4-14)8(20-10(11,12)13)3-7(6)15(17)18/h2-3H,1H3. The first-order chi connectivity index (χ1) is 9.19. The number of nitro benzene ring substituents is 1. The van der Waals surface area contributed by atoms with Crippen molar-refractivity contribution in [1.82, 2.24) is 0 Å². The van der Waals surface area contributed by atoms with Crippen LogP contribution < -0.4 is 4.74 Å². The number of nitro groups is 1. The second kappa shape index (κ2) is 5.43. The van der Waals surface area contributed by atoms with Gasteiger partial charge in [-0.05, 0) is 6.07 Å². The third-order valence-electron chi connectivity index (χ3n) is 2.05. The zero-order chi connectivity index (χ0) is 15.5. The molecule has 0 radical (unpaired) electrons. The van der Waals surface area contributed by atoms with E-state index in [-0.39, 0.29) is 0 Å². The van der Waals surface area contributed by atoms with Crippen molar-refractivity contribution in [3.05, 3.63) is 33.4 Å². The molecule has 1 aromatic carbocycles. The number of benzene rings is 1. The number of alkyl halides is 3. The van der Waals surface area contributed by atoms with E-state index in [9.17, 15) is 28.1 Å². The zero-order valence-electron chi connectivity index (χ0n) is 9.72. The molecule has 10 heteroatoms. The van der Waals surface area contributed by atoms with Gasteiger partial charge in [-0.25, -0.2) is 4.79 Å². The van der Waals surface area contributed by atoms with Crippen molar-refractivity contribution in [2.75, 3.05) is 7.11 Å². The fourth-order valence-electron chi connectivity index (χ4n) is 1.29. The van der Waals surface area contributed by atoms with Crippen LogP contribution in [0.25, 0.3) is 0 Å². The molecule has 0 spiro atoms. The Balaban J connectivity index is 3.50. The van der Waals surface area contributed by atoms with Crippen molar-refractivity contribution in [1.29, 1.82) is 5.26 Å². The normalized spacial score (nSPS) is 10.6. The lowest BCUT2D eigenvalue weighted by Gasteiger charge is -2.11. The molecule has 0 unspecified atom stereocenters. The van der Waals surface area contributed by atoms with E-state index in [0.717, 1.165) is 7.11 Å². The molecule has 7 nitrogen and oxygen atoms in total. The van der Waals surface area contributed by atoms with Crippen LogP contribution in [0.4, 0.5) is 18.9 Å². The Morgan fingerprint density at radius 1 is 1.45 bits per heavy atom. The Bertz CT molecular complexity index is 606. The summed E-state index contributed by atoms with van der Waals surface area (Å²) in [6, 6.07) is 2.30. The van der Waals surface area contributed by atoms with Crippen molar-refractivity contribution in [2.45, 2.75) is 6.36 Å². The highest BCUT2D eigenvalue weighted by Crippen LogP contribution is 2.32. The van der Waals surface area contributed by atoms with Gasteiger partial charge in [-0.1, -0.05) is 0 Å². The molecule has 0 fully saturated rings. The van der Waals surface area contributed by atoms with Gasteiger partial charge in [-0.2, -0.15) is 5.26 Å². The molecule has 0 aliphatic heterocycles. The number of rotatable bonds is 3. The van der Waals surface area contributed by atoms with Gasteiger partial charge in [0.05, 0.1) is 23.7 Å². The molecule has 0 heterocycles. The second-order valence-corrected chi connectivity index (χ2v) is 3.27. The van der Waals surface area contributed by atoms with Crippen molar-refractivity contribution >= 4 is 11.7 Å². The lowest BCUT2D eigenvalue weighted by atomic mass is 10.1. The molecule has 0 aromatic heterocycles. The smallest absolute Gasteiger partial charge is 0.465 e. The van der Waals surface area contributed by atoms with Crippen LogP contribution in [0.15, 0.2) is 12.1 Å². The lowest BCUT2D eigenvalue weighted by Crippen LogP contribution is -2.18. The molecular formula is C10H5F3N2O5. The maximum Gasteiger partial charge on any atom is 0.573 e. The summed E-state index contributed by atoms with van der Waals surface area (Å²) < 4.78 is 44.1. The summed E-state index contributed by atoms with van der Waals surface area (Å²) in [7, 11) is 0.929. The number of hydrogen-bond donors (Lipinski definition) is 0. The van der Waals surface area contributed by atoms with E-state index in [2.05, 4.69) is 9.47 Å². The summed E-state index contributed by atoms with van der Waals surface area (Å²) in [5.41, 5.74) is -2.30. The third-order valence-corrected chi connectivity index (χ3v) is 2.05. The summed E-state index contributed by atoms with van der Waals surface area (Å²) in [6.45, 7) is 0. The Morgan fingerprint density at radius 2 is 2.05 bits per heavy atom. The molecular weight excluding hydrogens is 285 g/mol. The summed E-state index contributed by atoms with van der Waals surface area (Å²) in [5.74, 6) is -2.23. The van der Waals surface area contributed by atoms with Crippen molar-refractivity contribution in [3.63, 3.8) is 0 Å². The highest BCUT2D eigenvalue weighted by Gasteiger charge is 2.34. The van der Waals surface area contributed by atoms with Gasteiger partial charge in [0.1, 0.15) is 11.6 Å². The number of nitrogens with zero attached hydrogens (tertiary/aromatic N) is 2. The average molecular weight is 290 g/mol. The fraction of sp³-hybridized carbons (Fsp3) is 0.200. The molecule has 1 aromatic rings. The average Bonchev–Trinajstić information content (AvgIpc) is 2.35. The Labute approximate surface area is 109 Å². The van der Waals surface area contributed by atoms with Crippen LogP contribution in [0.1, 0.15) is 15.9 Å². The highest BCUT2D eigenvalue weighted by molar-refractivity contribution is 5.94. The topological polar surface area (TPSA) is 102 Å². The van der Waals surface area contributed by atoms with E-state index in [4.69, 9.17) is 5.26 Å². The van der Waals surface area contributed by atoms with Crippen molar-refractivity contribution in [2.24, 2.45) is 0 Å². The van der Waals surface area contributed by atoms with E-state index >= 15 is 0 Å². The quantitative estimate of drug-likeness (QED) is 0.480. The van der Waals surface area contributed by atoms with Crippen LogP contribution in [-0.2, 0) is 4.74 Å². The van der Waals surface area contributed by atoms with E-state index in [0.29, 0.717) is 12.1 Å². The van der Waals surface area contributed by atoms with Crippen LogP contribution in [0.2, 0.25) is 0 Å². The number of halogens is 3. The summed E-state index contributed by atoms with van der Waals surface area (Å²) in [6.07, 6.45) is -5.13. The van der Waals surface area contributed by atoms with Gasteiger partial charge in [0.15, 0.2) is 5.75 Å². The predicted molar refractivity (Wildman–Crippen MR) is 55.8 cm³/mol. The number of ether oxygens (including phenoxy) is 2. The number of esters is 1. The van der Waals surface area contributed by atoms with E-state index in [1.807, 2.05) is 0 Å². The second-order valence-electron chi connectivity index (χ2n) is 3.27. The first kappa shape index (κ1) is 15.2. The number of carbonyl (C=O) groups excluding carboxylic acids is 1. The zero-order valence-corrected chi connectivity index (χ0v) is 9.72. The Morgan fingerprint density at radius 3 is 2.45 bits per heavy atom. The van der Waals surface area contributed by atoms with Gasteiger partial charge >= 0.3 is 12.3 Å². The fourth-order valence-corrected chi connectivity index (χ4v) is 1.29. The maximum absolute atomic E-state index is 12.1. The van der Waals surface area contributed by atoms with Crippen LogP contribution >= 0.6 is 0 Å². The third kappa shape index (κ3) is 3.35. The summed E-state index contributed by atoms with van der Waals surface area (Å²) >= 11 is 0. The molecule has 0 amide bonds. The number of nitriles is 1. The molecule has 0 atom stereocenters. The molecule has 0 aliphatic rings. The molecule has 0 N–H and O–H groups in total. The van der Waals surface area contributed by atoms with Crippen LogP contribution in [0, 0.1) is 21.4 Å². The summed E-state index contributed by atoms with van der Waals surface area (Å²) in [5, 5.41) is 19.4. The Hall–Kier alpha value is -2.83. The maximum atomic E-state index is 12.1. The van der Waals surface area contributed by atoms with E-state index in [1.54, 1.807) is 0 Å². The number of carbonyl (C=O) groups is 1. The monoisotopic (exact) mass is 290 g/mol. The van der Waals surface area contributed by atoms with Gasteiger partial charge < -0.3 is 9.47 Å². The van der Waals surface area contributed by atoms with Crippen LogP contribution in [0.5, 0.6) is 5.75 Å². The molecule has 20 heavy (non-hydrogen) atoms. The molecule has 1 rings (SSSR count). The first-order valence-electron chi connectivity index (χ1n) is 4.76. The lowest BCUT2D eigenvalue weighted by molar-refractivity contribution is -0.385.